The van der Waals surface area contributed by atoms with Gasteiger partial charge in [0.15, 0.2) is 5.17 Å². The van der Waals surface area contributed by atoms with Gasteiger partial charge in [0.05, 0.1) is 17.1 Å². The minimum absolute atomic E-state index is 0.0151. The lowest BCUT2D eigenvalue weighted by molar-refractivity contribution is -0.385. The number of fused-ring (bicyclic) bond motifs is 1. The molecule has 29 heavy (non-hydrogen) atoms. The lowest BCUT2D eigenvalue weighted by Gasteiger charge is -2.51. The molecule has 1 amide bonds. The number of carbonyl (C=O) groups is 1. The lowest BCUT2D eigenvalue weighted by Crippen LogP contribution is -2.67. The van der Waals surface area contributed by atoms with Crippen LogP contribution in [0.4, 0.5) is 14.9 Å². The number of nitro groups is 1. The van der Waals surface area contributed by atoms with Crippen LogP contribution >= 0.6 is 11.8 Å². The predicted molar refractivity (Wildman–Crippen MR) is 106 cm³/mol. The molecular formula is C18H23FN4O5S. The van der Waals surface area contributed by atoms with Gasteiger partial charge in [0.25, 0.3) is 5.69 Å². The van der Waals surface area contributed by atoms with Gasteiger partial charge in [-0.25, -0.2) is 14.2 Å². The molecule has 0 unspecified atom stereocenters. The third-order valence-electron chi connectivity index (χ3n) is 4.76. The highest BCUT2D eigenvalue weighted by molar-refractivity contribution is 8.14. The van der Waals surface area contributed by atoms with Gasteiger partial charge in [0.1, 0.15) is 17.0 Å². The lowest BCUT2D eigenvalue weighted by atomic mass is 9.70. The number of nitrogens with two attached hydrogens (primary N) is 1. The Morgan fingerprint density at radius 1 is 1.48 bits per heavy atom. The molecule has 1 aromatic rings. The fourth-order valence-electron chi connectivity index (χ4n) is 3.44. The van der Waals surface area contributed by atoms with Gasteiger partial charge in [-0.15, -0.1) is 0 Å². The second kappa shape index (κ2) is 7.54. The number of nitro benzene ring substituents is 1. The summed E-state index contributed by atoms with van der Waals surface area (Å²) < 4.78 is 25.6. The van der Waals surface area contributed by atoms with Crippen molar-refractivity contribution >= 4 is 28.7 Å². The molecule has 1 fully saturated rings. The van der Waals surface area contributed by atoms with Gasteiger partial charge in [0.2, 0.25) is 0 Å². The van der Waals surface area contributed by atoms with Crippen LogP contribution < -0.4 is 11.1 Å². The molecule has 1 saturated heterocycles. The Morgan fingerprint density at radius 3 is 2.86 bits per heavy atom. The van der Waals surface area contributed by atoms with Crippen LogP contribution in [0.1, 0.15) is 32.8 Å². The highest BCUT2D eigenvalue weighted by Crippen LogP contribution is 2.48. The highest BCUT2D eigenvalue weighted by atomic mass is 32.2. The van der Waals surface area contributed by atoms with Crippen LogP contribution in [-0.4, -0.2) is 46.3 Å². The Labute approximate surface area is 171 Å². The van der Waals surface area contributed by atoms with E-state index < -0.39 is 33.5 Å². The van der Waals surface area contributed by atoms with Gasteiger partial charge in [0, 0.05) is 36.5 Å². The van der Waals surface area contributed by atoms with Gasteiger partial charge in [-0.2, -0.15) is 0 Å². The largest absolute Gasteiger partial charge is 0.444 e. The number of nitrogens with zero attached hydrogens (tertiary/aromatic N) is 2. The zero-order chi connectivity index (χ0) is 21.4. The van der Waals surface area contributed by atoms with Crippen LogP contribution in [0.25, 0.3) is 0 Å². The summed E-state index contributed by atoms with van der Waals surface area (Å²) in [6.07, 6.45) is -0.489. The molecule has 0 bridgehead atoms. The molecule has 2 aliphatic heterocycles. The number of aliphatic imine (C=N–C) groups is 1. The van der Waals surface area contributed by atoms with Gasteiger partial charge < -0.3 is 15.2 Å². The summed E-state index contributed by atoms with van der Waals surface area (Å²) in [5.74, 6) is -0.386. The monoisotopic (exact) mass is 426 g/mol. The standard InChI is InChI=1S/C18H23FN4O5S/c1-16(2,3)28-15(24)21-14-22-18(6-7-27-9-17(18,20)10-29-14)12-8-11(23(25)26)4-5-13(12)19/h4-5,8H,6-7,9-10,20H2,1-3H3,(H,21,22,24)/t17-,18+/m0/s1. The summed E-state index contributed by atoms with van der Waals surface area (Å²) >= 11 is 1.19. The maximum atomic E-state index is 14.9. The van der Waals surface area contributed by atoms with Crippen LogP contribution in [0.15, 0.2) is 23.2 Å². The first-order valence-electron chi connectivity index (χ1n) is 8.99. The average Bonchev–Trinajstić information content (AvgIpc) is 2.60. The van der Waals surface area contributed by atoms with Crippen molar-refractivity contribution < 1.29 is 23.6 Å². The molecule has 0 aromatic heterocycles. The van der Waals surface area contributed by atoms with E-state index in [0.717, 1.165) is 18.2 Å². The summed E-state index contributed by atoms with van der Waals surface area (Å²) in [4.78, 5) is 27.4. The van der Waals surface area contributed by atoms with Crippen LogP contribution in [0.2, 0.25) is 0 Å². The number of alkyl carbamates (subject to hydrolysis) is 1. The Balaban J connectivity index is 2.07. The zero-order valence-electron chi connectivity index (χ0n) is 16.4. The second-order valence-electron chi connectivity index (χ2n) is 8.07. The molecule has 11 heteroatoms. The number of amides is 1. The molecule has 0 radical (unpaired) electrons. The minimum Gasteiger partial charge on any atom is -0.444 e. The highest BCUT2D eigenvalue weighted by Gasteiger charge is 2.56. The first kappa shape index (κ1) is 21.5. The van der Waals surface area contributed by atoms with E-state index in [-0.39, 0.29) is 41.8 Å². The summed E-state index contributed by atoms with van der Waals surface area (Å²) in [5, 5.41) is 14.0. The van der Waals surface area contributed by atoms with Gasteiger partial charge >= 0.3 is 6.09 Å². The maximum absolute atomic E-state index is 14.9. The van der Waals surface area contributed by atoms with Crippen LogP contribution in [0.3, 0.4) is 0 Å². The molecule has 2 aliphatic rings. The van der Waals surface area contributed by atoms with Crippen molar-refractivity contribution in [3.63, 3.8) is 0 Å². The Morgan fingerprint density at radius 2 is 2.21 bits per heavy atom. The van der Waals surface area contributed by atoms with E-state index in [0.29, 0.717) is 0 Å². The van der Waals surface area contributed by atoms with E-state index in [9.17, 15) is 19.3 Å². The van der Waals surface area contributed by atoms with Crippen molar-refractivity contribution in [1.29, 1.82) is 0 Å². The minimum atomic E-state index is -1.32. The first-order valence-corrected chi connectivity index (χ1v) is 9.98. The third kappa shape index (κ3) is 4.21. The van der Waals surface area contributed by atoms with Crippen molar-refractivity contribution in [2.45, 2.75) is 43.9 Å². The Hall–Kier alpha value is -2.24. The van der Waals surface area contributed by atoms with E-state index in [4.69, 9.17) is 15.2 Å². The zero-order valence-corrected chi connectivity index (χ0v) is 17.2. The molecule has 0 aliphatic carbocycles. The predicted octanol–water partition coefficient (Wildman–Crippen LogP) is 2.67. The van der Waals surface area contributed by atoms with Crippen molar-refractivity contribution in [2.75, 3.05) is 19.0 Å². The number of hydrogen-bond acceptors (Lipinski definition) is 8. The molecule has 2 atom stereocenters. The van der Waals surface area contributed by atoms with Crippen molar-refractivity contribution in [3.8, 4) is 0 Å². The van der Waals surface area contributed by atoms with Crippen LogP contribution in [0.5, 0.6) is 0 Å². The molecule has 9 nitrogen and oxygen atoms in total. The summed E-state index contributed by atoms with van der Waals surface area (Å²) in [5.41, 5.74) is 3.21. The number of thioether (sulfide) groups is 1. The smallest absolute Gasteiger partial charge is 0.413 e. The van der Waals surface area contributed by atoms with Gasteiger partial charge in [-0.05, 0) is 26.8 Å². The number of amidine groups is 1. The van der Waals surface area contributed by atoms with Crippen LogP contribution in [0, 0.1) is 15.9 Å². The molecule has 3 rings (SSSR count). The van der Waals surface area contributed by atoms with E-state index >= 15 is 0 Å². The van der Waals surface area contributed by atoms with E-state index in [1.807, 2.05) is 0 Å². The second-order valence-corrected chi connectivity index (χ2v) is 9.04. The van der Waals surface area contributed by atoms with Crippen molar-refractivity contribution in [2.24, 2.45) is 10.7 Å². The third-order valence-corrected chi connectivity index (χ3v) is 5.89. The van der Waals surface area contributed by atoms with E-state index in [1.54, 1.807) is 20.8 Å². The van der Waals surface area contributed by atoms with E-state index in [2.05, 4.69) is 10.3 Å². The maximum Gasteiger partial charge on any atom is 0.413 e. The number of rotatable bonds is 2. The Bertz CT molecular complexity index is 874. The van der Waals surface area contributed by atoms with Crippen LogP contribution in [-0.2, 0) is 15.0 Å². The summed E-state index contributed by atoms with van der Waals surface area (Å²) in [7, 11) is 0. The molecule has 2 heterocycles. The topological polar surface area (TPSA) is 129 Å². The number of nitrogens with one attached hydrogen (secondary N) is 1. The van der Waals surface area contributed by atoms with E-state index in [1.165, 1.54) is 11.8 Å². The van der Waals surface area contributed by atoms with Gasteiger partial charge in [-0.1, -0.05) is 11.8 Å². The molecule has 3 N–H and O–H groups in total. The fourth-order valence-corrected chi connectivity index (χ4v) is 4.53. The van der Waals surface area contributed by atoms with Crippen molar-refractivity contribution in [1.82, 2.24) is 5.32 Å². The summed E-state index contributed by atoms with van der Waals surface area (Å²) in [6, 6.07) is 3.29. The first-order chi connectivity index (χ1) is 13.5. The number of non-ortho nitro benzene ring substituents is 1. The number of halogens is 1. The SMILES string of the molecule is CC(C)(C)OC(=O)NC1=N[C@@]2(c3cc([N+](=O)[O-])ccc3F)CCOC[C@]2(N)CS1. The fraction of sp³-hybridized carbons (Fsp3) is 0.556. The number of hydrogen-bond donors (Lipinski definition) is 2. The summed E-state index contributed by atoms with van der Waals surface area (Å²) in [6.45, 7) is 5.53. The number of carbonyl (C=O) groups excluding carboxylic acids is 1. The van der Waals surface area contributed by atoms with Crippen molar-refractivity contribution in [3.05, 3.63) is 39.7 Å². The molecule has 0 saturated carbocycles. The Kier molecular flexibility index (Phi) is 5.58. The molecule has 158 valence electrons. The normalized spacial score (nSPS) is 26.9. The van der Waals surface area contributed by atoms with Gasteiger partial charge in [-0.3, -0.25) is 15.4 Å². The molecule has 1 aromatic carbocycles. The number of ether oxygens (including phenoxy) is 2. The molecular weight excluding hydrogens is 403 g/mol. The quantitative estimate of drug-likeness (QED) is 0.549. The molecule has 0 spiro atoms. The number of benzene rings is 1. The average molecular weight is 426 g/mol.